The van der Waals surface area contributed by atoms with Crippen molar-refractivity contribution in [1.82, 2.24) is 0 Å². The fourth-order valence-corrected chi connectivity index (χ4v) is 2.64. The normalized spacial score (nSPS) is 18.6. The highest BCUT2D eigenvalue weighted by molar-refractivity contribution is 5.93. The molecule has 1 aromatic carbocycles. The molecule has 2 atom stereocenters. The largest absolute Gasteiger partial charge is 0.544 e. The van der Waals surface area contributed by atoms with E-state index in [0.29, 0.717) is 12.2 Å². The Morgan fingerprint density at radius 2 is 2.13 bits per heavy atom. The van der Waals surface area contributed by atoms with Crippen molar-refractivity contribution in [2.75, 3.05) is 18.5 Å². The molecule has 6 heteroatoms. The lowest BCUT2D eigenvalue weighted by atomic mass is 10.1. The summed E-state index contributed by atoms with van der Waals surface area (Å²) >= 11 is 0. The number of ether oxygens (including phenoxy) is 1. The maximum absolute atomic E-state index is 12.0. The number of anilines is 1. The summed E-state index contributed by atoms with van der Waals surface area (Å²) in [7, 11) is 0. The predicted octanol–water partition coefficient (Wildman–Crippen LogP) is -0.561. The quantitative estimate of drug-likeness (QED) is 0.671. The molecule has 0 aliphatic carbocycles. The van der Waals surface area contributed by atoms with Crippen LogP contribution in [-0.4, -0.2) is 37.2 Å². The smallest absolute Gasteiger partial charge is 0.230 e. The molecule has 1 aliphatic rings. The van der Waals surface area contributed by atoms with Gasteiger partial charge < -0.3 is 25.3 Å². The summed E-state index contributed by atoms with van der Waals surface area (Å²) in [4.78, 5) is 23.2. The third kappa shape index (κ3) is 5.65. The van der Waals surface area contributed by atoms with Gasteiger partial charge in [-0.1, -0.05) is 19.1 Å². The van der Waals surface area contributed by atoms with Crippen molar-refractivity contribution in [3.05, 3.63) is 29.8 Å². The summed E-state index contributed by atoms with van der Waals surface area (Å²) in [5.41, 5.74) is 1.85. The molecule has 1 aliphatic heterocycles. The van der Waals surface area contributed by atoms with E-state index in [0.717, 1.165) is 25.9 Å². The zero-order valence-electron chi connectivity index (χ0n) is 13.4. The Balaban J connectivity index is 1.82. The fourth-order valence-electron chi connectivity index (χ4n) is 2.64. The minimum absolute atomic E-state index is 0.0708. The van der Waals surface area contributed by atoms with Gasteiger partial charge in [-0.15, -0.1) is 0 Å². The van der Waals surface area contributed by atoms with Crippen LogP contribution in [0.2, 0.25) is 0 Å². The van der Waals surface area contributed by atoms with Crippen LogP contribution >= 0.6 is 0 Å². The second-order valence-corrected chi connectivity index (χ2v) is 5.83. The number of rotatable bonds is 8. The van der Waals surface area contributed by atoms with Crippen molar-refractivity contribution in [1.29, 1.82) is 0 Å². The Morgan fingerprint density at radius 3 is 2.70 bits per heavy atom. The first-order valence-corrected chi connectivity index (χ1v) is 8.13. The van der Waals surface area contributed by atoms with Crippen LogP contribution < -0.4 is 15.7 Å². The zero-order chi connectivity index (χ0) is 16.7. The number of carboxylic acids is 1. The Bertz CT molecular complexity index is 524. The van der Waals surface area contributed by atoms with E-state index in [9.17, 15) is 14.7 Å². The molecular formula is C17H24N2O4. The minimum Gasteiger partial charge on any atom is -0.544 e. The monoisotopic (exact) mass is 320 g/mol. The third-order valence-corrected chi connectivity index (χ3v) is 4.06. The molecule has 6 nitrogen and oxygen atoms in total. The van der Waals surface area contributed by atoms with Crippen LogP contribution in [0.4, 0.5) is 5.69 Å². The summed E-state index contributed by atoms with van der Waals surface area (Å²) < 4.78 is 5.46. The number of hydrogen-bond donors (Lipinski definition) is 2. The van der Waals surface area contributed by atoms with Crippen molar-refractivity contribution in [2.24, 2.45) is 0 Å². The molecule has 0 saturated carbocycles. The van der Waals surface area contributed by atoms with Gasteiger partial charge in [0.15, 0.2) is 0 Å². The maximum Gasteiger partial charge on any atom is 0.230 e. The van der Waals surface area contributed by atoms with Gasteiger partial charge >= 0.3 is 0 Å². The van der Waals surface area contributed by atoms with Crippen LogP contribution in [-0.2, 0) is 20.7 Å². The summed E-state index contributed by atoms with van der Waals surface area (Å²) in [5, 5.41) is 15.6. The van der Waals surface area contributed by atoms with E-state index in [1.807, 2.05) is 24.3 Å². The fraction of sp³-hybridized carbons (Fsp3) is 0.529. The van der Waals surface area contributed by atoms with Gasteiger partial charge in [0, 0.05) is 12.3 Å². The van der Waals surface area contributed by atoms with Gasteiger partial charge in [0.05, 0.1) is 12.4 Å². The second-order valence-electron chi connectivity index (χ2n) is 5.83. The molecule has 3 N–H and O–H groups in total. The third-order valence-electron chi connectivity index (χ3n) is 4.06. The van der Waals surface area contributed by atoms with E-state index < -0.39 is 12.0 Å². The zero-order valence-corrected chi connectivity index (χ0v) is 13.4. The van der Waals surface area contributed by atoms with E-state index in [2.05, 4.69) is 12.2 Å². The summed E-state index contributed by atoms with van der Waals surface area (Å²) in [6, 6.07) is 6.63. The first kappa shape index (κ1) is 17.4. The van der Waals surface area contributed by atoms with Gasteiger partial charge in [0.2, 0.25) is 5.91 Å². The lowest BCUT2D eigenvalue weighted by Gasteiger charge is -2.18. The molecule has 1 fully saturated rings. The molecule has 2 rings (SSSR count). The van der Waals surface area contributed by atoms with Crippen LogP contribution in [0.3, 0.4) is 0 Å². The molecule has 23 heavy (non-hydrogen) atoms. The summed E-state index contributed by atoms with van der Waals surface area (Å²) in [6.07, 6.45) is 2.82. The van der Waals surface area contributed by atoms with Crippen LogP contribution in [0, 0.1) is 0 Å². The maximum atomic E-state index is 12.0. The van der Waals surface area contributed by atoms with Gasteiger partial charge in [0.1, 0.15) is 18.7 Å². The predicted molar refractivity (Wildman–Crippen MR) is 83.6 cm³/mol. The lowest BCUT2D eigenvalue weighted by Crippen LogP contribution is -2.94. The van der Waals surface area contributed by atoms with Crippen molar-refractivity contribution >= 4 is 17.6 Å². The number of benzene rings is 1. The van der Waals surface area contributed by atoms with Crippen LogP contribution in [0.15, 0.2) is 24.3 Å². The van der Waals surface area contributed by atoms with Crippen LogP contribution in [0.1, 0.15) is 31.7 Å². The van der Waals surface area contributed by atoms with Crippen molar-refractivity contribution < 1.29 is 24.7 Å². The molecular weight excluding hydrogens is 296 g/mol. The molecule has 126 valence electrons. The van der Waals surface area contributed by atoms with Crippen molar-refractivity contribution in [3.8, 4) is 0 Å². The molecule has 0 bridgehead atoms. The first-order valence-electron chi connectivity index (χ1n) is 8.13. The molecule has 1 heterocycles. The van der Waals surface area contributed by atoms with Crippen LogP contribution in [0.25, 0.3) is 0 Å². The number of amides is 1. The van der Waals surface area contributed by atoms with E-state index in [1.54, 1.807) is 5.32 Å². The average Bonchev–Trinajstić information content (AvgIpc) is 3.05. The molecule has 0 unspecified atom stereocenters. The Hall–Kier alpha value is -1.92. The number of quaternary nitrogens is 1. The van der Waals surface area contributed by atoms with Gasteiger partial charge in [0.25, 0.3) is 0 Å². The number of carboxylic acid groups (broad SMARTS) is 1. The first-order chi connectivity index (χ1) is 11.1. The van der Waals surface area contributed by atoms with Gasteiger partial charge in [-0.05, 0) is 37.0 Å². The van der Waals surface area contributed by atoms with Crippen LogP contribution in [0.5, 0.6) is 0 Å². The SMILES string of the molecule is CCc1ccc(NC(=O)C[C@H]([NH2+]C[C@@H]2CCCO2)C(=O)[O-])cc1. The number of hydrogen-bond acceptors (Lipinski definition) is 4. The van der Waals surface area contributed by atoms with Gasteiger partial charge in [-0.3, -0.25) is 4.79 Å². The number of nitrogens with one attached hydrogen (secondary N) is 1. The molecule has 0 radical (unpaired) electrons. The Kier molecular flexibility index (Phi) is 6.55. The molecule has 1 amide bonds. The Labute approximate surface area is 136 Å². The highest BCUT2D eigenvalue weighted by Crippen LogP contribution is 2.11. The molecule has 0 spiro atoms. The summed E-state index contributed by atoms with van der Waals surface area (Å²) in [6.45, 7) is 3.32. The highest BCUT2D eigenvalue weighted by atomic mass is 16.5. The van der Waals surface area contributed by atoms with Crippen molar-refractivity contribution in [3.63, 3.8) is 0 Å². The number of carbonyl (C=O) groups excluding carboxylic acids is 2. The molecule has 0 aromatic heterocycles. The lowest BCUT2D eigenvalue weighted by molar-refractivity contribution is -0.687. The highest BCUT2D eigenvalue weighted by Gasteiger charge is 2.23. The topological polar surface area (TPSA) is 95.1 Å². The summed E-state index contributed by atoms with van der Waals surface area (Å²) in [5.74, 6) is -1.55. The average molecular weight is 320 g/mol. The minimum atomic E-state index is -1.22. The van der Waals surface area contributed by atoms with E-state index in [-0.39, 0.29) is 18.4 Å². The molecule has 1 aromatic rings. The molecule has 1 saturated heterocycles. The standard InChI is InChI=1S/C17H24N2O4/c1-2-12-5-7-13(8-6-12)19-16(20)10-15(17(21)22)18-11-14-4-3-9-23-14/h5-8,14-15,18H,2-4,9-11H2,1H3,(H,19,20)(H,21,22)/t14-,15-/m0/s1. The van der Waals surface area contributed by atoms with E-state index in [4.69, 9.17) is 4.74 Å². The number of aryl methyl sites for hydroxylation is 1. The Morgan fingerprint density at radius 1 is 1.39 bits per heavy atom. The van der Waals surface area contributed by atoms with Gasteiger partial charge in [-0.2, -0.15) is 0 Å². The van der Waals surface area contributed by atoms with Crippen molar-refractivity contribution in [2.45, 2.75) is 44.8 Å². The number of carbonyl (C=O) groups is 2. The second kappa shape index (κ2) is 8.64. The number of aliphatic carboxylic acids is 1. The van der Waals surface area contributed by atoms with E-state index >= 15 is 0 Å². The van der Waals surface area contributed by atoms with Gasteiger partial charge in [-0.25, -0.2) is 0 Å². The number of nitrogens with two attached hydrogens (primary N) is 1. The van der Waals surface area contributed by atoms with E-state index in [1.165, 1.54) is 5.56 Å².